The minimum Gasteiger partial charge on any atom is -0.369 e. The van der Waals surface area contributed by atoms with Crippen molar-refractivity contribution in [3.05, 3.63) is 23.0 Å². The van der Waals surface area contributed by atoms with Gasteiger partial charge in [-0.1, -0.05) is 11.6 Å². The maximum atomic E-state index is 13.5. The Morgan fingerprint density at radius 2 is 2.28 bits per heavy atom. The Balaban J connectivity index is 2.10. The van der Waals surface area contributed by atoms with Crippen molar-refractivity contribution in [1.82, 2.24) is 9.55 Å². The number of aromatic nitrogens is 2. The number of rotatable bonds is 3. The van der Waals surface area contributed by atoms with Crippen molar-refractivity contribution in [3.8, 4) is 0 Å². The third-order valence-corrected chi connectivity index (χ3v) is 5.20. The van der Waals surface area contributed by atoms with E-state index < -0.39 is 5.82 Å². The molecule has 1 aliphatic carbocycles. The number of halogens is 2. The summed E-state index contributed by atoms with van der Waals surface area (Å²) in [6.07, 6.45) is 4.44. The number of thioether (sulfide) groups is 1. The van der Waals surface area contributed by atoms with Crippen LogP contribution in [0.4, 0.5) is 10.3 Å². The van der Waals surface area contributed by atoms with E-state index in [2.05, 4.69) is 11.2 Å². The number of imidazole rings is 1. The van der Waals surface area contributed by atoms with Gasteiger partial charge in [0.05, 0.1) is 16.1 Å². The Hall–Kier alpha value is -0.940. The van der Waals surface area contributed by atoms with Gasteiger partial charge in [-0.25, -0.2) is 9.37 Å². The van der Waals surface area contributed by atoms with Gasteiger partial charge in [-0.2, -0.15) is 11.8 Å². The third kappa shape index (κ3) is 1.86. The van der Waals surface area contributed by atoms with E-state index in [9.17, 15) is 4.39 Å². The average molecular weight is 286 g/mol. The highest BCUT2D eigenvalue weighted by molar-refractivity contribution is 8.00. The summed E-state index contributed by atoms with van der Waals surface area (Å²) in [5.41, 5.74) is 7.29. The number of benzene rings is 1. The van der Waals surface area contributed by atoms with Crippen LogP contribution in [0.1, 0.15) is 12.8 Å². The average Bonchev–Trinajstić information content (AvgIpc) is 3.05. The summed E-state index contributed by atoms with van der Waals surface area (Å²) in [5, 5.41) is 0.0816. The van der Waals surface area contributed by atoms with E-state index in [1.165, 1.54) is 25.0 Å². The number of fused-ring (bicyclic) bond motifs is 1. The largest absolute Gasteiger partial charge is 0.369 e. The first-order valence-corrected chi connectivity index (χ1v) is 7.31. The molecule has 18 heavy (non-hydrogen) atoms. The Morgan fingerprint density at radius 3 is 2.89 bits per heavy atom. The molecule has 3 rings (SSSR count). The quantitative estimate of drug-likeness (QED) is 0.941. The Labute approximate surface area is 114 Å². The van der Waals surface area contributed by atoms with Gasteiger partial charge < -0.3 is 10.3 Å². The molecule has 1 aromatic heterocycles. The molecule has 2 N–H and O–H groups in total. The second-order valence-electron chi connectivity index (χ2n) is 4.70. The Kier molecular flexibility index (Phi) is 2.71. The van der Waals surface area contributed by atoms with Gasteiger partial charge >= 0.3 is 0 Å². The fourth-order valence-corrected chi connectivity index (χ4v) is 3.09. The van der Waals surface area contributed by atoms with Crippen LogP contribution in [0.15, 0.2) is 12.1 Å². The van der Waals surface area contributed by atoms with Crippen LogP contribution < -0.4 is 5.73 Å². The van der Waals surface area contributed by atoms with Gasteiger partial charge in [0.15, 0.2) is 0 Å². The molecular formula is C12H13ClFN3S. The van der Waals surface area contributed by atoms with Crippen molar-refractivity contribution in [2.45, 2.75) is 24.1 Å². The summed E-state index contributed by atoms with van der Waals surface area (Å²) in [6.45, 7) is 0.775. The van der Waals surface area contributed by atoms with Crippen LogP contribution in [0.5, 0.6) is 0 Å². The zero-order chi connectivity index (χ0) is 12.9. The molecule has 0 amide bonds. The van der Waals surface area contributed by atoms with Crippen molar-refractivity contribution in [1.29, 1.82) is 0 Å². The lowest BCUT2D eigenvalue weighted by molar-refractivity contribution is 0.627. The molecule has 1 aromatic carbocycles. The van der Waals surface area contributed by atoms with Crippen LogP contribution in [-0.2, 0) is 6.54 Å². The molecule has 2 aromatic rings. The second kappa shape index (κ2) is 4.03. The van der Waals surface area contributed by atoms with Crippen molar-refractivity contribution >= 4 is 40.3 Å². The predicted molar refractivity (Wildman–Crippen MR) is 74.6 cm³/mol. The van der Waals surface area contributed by atoms with E-state index in [-0.39, 0.29) is 9.77 Å². The van der Waals surface area contributed by atoms with E-state index in [1.807, 2.05) is 16.3 Å². The Morgan fingerprint density at radius 1 is 1.56 bits per heavy atom. The van der Waals surface area contributed by atoms with Gasteiger partial charge in [-0.05, 0) is 25.2 Å². The van der Waals surface area contributed by atoms with Crippen LogP contribution in [0.2, 0.25) is 5.02 Å². The third-order valence-electron chi connectivity index (χ3n) is 3.51. The molecular weight excluding hydrogens is 273 g/mol. The fourth-order valence-electron chi connectivity index (χ4n) is 2.16. The van der Waals surface area contributed by atoms with Gasteiger partial charge in [-0.3, -0.25) is 0 Å². The molecule has 6 heteroatoms. The monoisotopic (exact) mass is 285 g/mol. The molecule has 0 unspecified atom stereocenters. The highest BCUT2D eigenvalue weighted by Crippen LogP contribution is 2.49. The standard InChI is InChI=1S/C12H13ClFN3S/c1-18-12(2-3-12)6-17-10-5-8(14)7(13)4-9(10)16-11(17)15/h4-5H,2-3,6H2,1H3,(H2,15,16). The first kappa shape index (κ1) is 12.1. The number of hydrogen-bond donors (Lipinski definition) is 1. The molecule has 0 spiro atoms. The lowest BCUT2D eigenvalue weighted by atomic mass is 10.3. The highest BCUT2D eigenvalue weighted by Gasteiger charge is 2.42. The van der Waals surface area contributed by atoms with Crippen LogP contribution in [0.3, 0.4) is 0 Å². The number of hydrogen-bond acceptors (Lipinski definition) is 3. The lowest BCUT2D eigenvalue weighted by Crippen LogP contribution is -2.15. The maximum Gasteiger partial charge on any atom is 0.201 e. The number of nitrogens with two attached hydrogens (primary N) is 1. The summed E-state index contributed by atoms with van der Waals surface area (Å²) in [6, 6.07) is 2.94. The minimum atomic E-state index is -0.431. The summed E-state index contributed by atoms with van der Waals surface area (Å²) < 4.78 is 15.7. The molecule has 0 aliphatic heterocycles. The maximum absolute atomic E-state index is 13.5. The van der Waals surface area contributed by atoms with E-state index in [4.69, 9.17) is 17.3 Å². The molecule has 0 atom stereocenters. The first-order chi connectivity index (χ1) is 8.54. The van der Waals surface area contributed by atoms with Crippen LogP contribution in [-0.4, -0.2) is 20.6 Å². The summed E-state index contributed by atoms with van der Waals surface area (Å²) in [5.74, 6) is -0.00805. The molecule has 1 saturated carbocycles. The van der Waals surface area contributed by atoms with E-state index in [1.54, 1.807) is 0 Å². The topological polar surface area (TPSA) is 43.8 Å². The number of nitrogens with zero attached hydrogens (tertiary/aromatic N) is 2. The lowest BCUT2D eigenvalue weighted by Gasteiger charge is -2.14. The molecule has 96 valence electrons. The summed E-state index contributed by atoms with van der Waals surface area (Å²) in [4.78, 5) is 4.24. The van der Waals surface area contributed by atoms with E-state index in [0.29, 0.717) is 11.5 Å². The van der Waals surface area contributed by atoms with Crippen LogP contribution >= 0.6 is 23.4 Å². The Bertz CT molecular complexity index is 621. The fraction of sp³-hybridized carbons (Fsp3) is 0.417. The van der Waals surface area contributed by atoms with Crippen molar-refractivity contribution in [2.75, 3.05) is 12.0 Å². The molecule has 0 bridgehead atoms. The van der Waals surface area contributed by atoms with Gasteiger partial charge in [0.1, 0.15) is 5.82 Å². The van der Waals surface area contributed by atoms with E-state index in [0.717, 1.165) is 12.1 Å². The van der Waals surface area contributed by atoms with Crippen LogP contribution in [0, 0.1) is 5.82 Å². The highest BCUT2D eigenvalue weighted by atomic mass is 35.5. The molecule has 1 aliphatic rings. The summed E-state index contributed by atoms with van der Waals surface area (Å²) in [7, 11) is 0. The number of nitrogen functional groups attached to an aromatic ring is 1. The molecule has 1 heterocycles. The van der Waals surface area contributed by atoms with E-state index >= 15 is 0 Å². The normalized spacial score (nSPS) is 17.3. The predicted octanol–water partition coefficient (Wildman–Crippen LogP) is 3.31. The molecule has 0 saturated heterocycles. The minimum absolute atomic E-state index is 0.0816. The van der Waals surface area contributed by atoms with Crippen molar-refractivity contribution in [2.24, 2.45) is 0 Å². The van der Waals surface area contributed by atoms with Crippen LogP contribution in [0.25, 0.3) is 11.0 Å². The van der Waals surface area contributed by atoms with Gasteiger partial charge in [0, 0.05) is 17.4 Å². The molecule has 1 fully saturated rings. The zero-order valence-corrected chi connectivity index (χ0v) is 11.5. The molecule has 3 nitrogen and oxygen atoms in total. The summed E-state index contributed by atoms with van der Waals surface area (Å²) >= 11 is 7.59. The second-order valence-corrected chi connectivity index (χ2v) is 6.38. The first-order valence-electron chi connectivity index (χ1n) is 5.71. The zero-order valence-electron chi connectivity index (χ0n) is 9.91. The smallest absolute Gasteiger partial charge is 0.201 e. The van der Waals surface area contributed by atoms with Gasteiger partial charge in [-0.15, -0.1) is 0 Å². The molecule has 0 radical (unpaired) electrons. The number of anilines is 1. The van der Waals surface area contributed by atoms with Gasteiger partial charge in [0.2, 0.25) is 5.95 Å². The van der Waals surface area contributed by atoms with Crippen molar-refractivity contribution in [3.63, 3.8) is 0 Å². The SMILES string of the molecule is CSC1(Cn2c(N)nc3cc(Cl)c(F)cc32)CC1. The van der Waals surface area contributed by atoms with Gasteiger partial charge in [0.25, 0.3) is 0 Å². The van der Waals surface area contributed by atoms with Crippen molar-refractivity contribution < 1.29 is 4.39 Å².